The van der Waals surface area contributed by atoms with Crippen LogP contribution in [0.2, 0.25) is 0 Å². The summed E-state index contributed by atoms with van der Waals surface area (Å²) in [6.45, 7) is 1.33. The molecule has 0 radical (unpaired) electrons. The third-order valence-corrected chi connectivity index (χ3v) is 3.37. The average molecular weight is 335 g/mol. The van der Waals surface area contributed by atoms with E-state index < -0.39 is 17.7 Å². The fourth-order valence-electron chi connectivity index (χ4n) is 2.14. The van der Waals surface area contributed by atoms with E-state index in [0.717, 1.165) is 17.7 Å². The zero-order valence-electron chi connectivity index (χ0n) is 13.0. The van der Waals surface area contributed by atoms with E-state index in [4.69, 9.17) is 4.84 Å². The van der Waals surface area contributed by atoms with Gasteiger partial charge in [-0.2, -0.15) is 13.2 Å². The van der Waals surface area contributed by atoms with E-state index in [1.807, 2.05) is 18.2 Å². The van der Waals surface area contributed by atoms with E-state index in [1.165, 1.54) is 25.3 Å². The van der Waals surface area contributed by atoms with Gasteiger partial charge in [0.25, 0.3) is 0 Å². The summed E-state index contributed by atoms with van der Waals surface area (Å²) in [5.41, 5.74) is 0.385. The van der Waals surface area contributed by atoms with Crippen LogP contribution in [-0.2, 0) is 22.4 Å². The second kappa shape index (κ2) is 7.77. The van der Waals surface area contributed by atoms with Gasteiger partial charge in [0.15, 0.2) is 0 Å². The molecule has 0 saturated carbocycles. The second-order valence-electron chi connectivity index (χ2n) is 5.23. The number of hydrogen-bond donors (Lipinski definition) is 0. The van der Waals surface area contributed by atoms with Crippen molar-refractivity contribution in [1.82, 2.24) is 0 Å². The number of nitrogens with zero attached hydrogens (tertiary/aromatic N) is 1. The minimum Gasteiger partial charge on any atom is -0.391 e. The summed E-state index contributed by atoms with van der Waals surface area (Å²) >= 11 is 0. The molecule has 0 saturated heterocycles. The van der Waals surface area contributed by atoms with E-state index in [1.54, 1.807) is 12.1 Å². The van der Waals surface area contributed by atoms with Crippen LogP contribution in [0.3, 0.4) is 0 Å². The summed E-state index contributed by atoms with van der Waals surface area (Å²) in [5.74, 6) is -0.652. The van der Waals surface area contributed by atoms with E-state index in [2.05, 4.69) is 5.16 Å². The van der Waals surface area contributed by atoms with Gasteiger partial charge < -0.3 is 4.84 Å². The molecule has 2 aromatic rings. The van der Waals surface area contributed by atoms with Crippen LogP contribution in [0, 0.1) is 0 Å². The molecule has 1 unspecified atom stereocenters. The van der Waals surface area contributed by atoms with Crippen LogP contribution in [0.25, 0.3) is 0 Å². The van der Waals surface area contributed by atoms with Crippen molar-refractivity contribution in [2.75, 3.05) is 0 Å². The maximum Gasteiger partial charge on any atom is 0.416 e. The van der Waals surface area contributed by atoms with Crippen molar-refractivity contribution in [1.29, 1.82) is 0 Å². The van der Waals surface area contributed by atoms with E-state index >= 15 is 0 Å². The summed E-state index contributed by atoms with van der Waals surface area (Å²) in [4.78, 5) is 16.7. The molecular formula is C18H16F3NO2. The third-order valence-electron chi connectivity index (χ3n) is 3.37. The molecule has 0 aliphatic carbocycles. The Labute approximate surface area is 137 Å². The number of carbonyl (C=O) groups excluding carboxylic acids is 1. The van der Waals surface area contributed by atoms with Gasteiger partial charge in [0.1, 0.15) is 12.4 Å². The average Bonchev–Trinajstić information content (AvgIpc) is 2.55. The number of Topliss-reactive ketones (excluding diaryl/α,β-unsaturated/α-hetero) is 1. The van der Waals surface area contributed by atoms with Crippen LogP contribution in [-0.4, -0.2) is 12.0 Å². The minimum absolute atomic E-state index is 0.104. The Kier molecular flexibility index (Phi) is 5.73. The van der Waals surface area contributed by atoms with Gasteiger partial charge in [0.2, 0.25) is 0 Å². The Morgan fingerprint density at radius 2 is 1.88 bits per heavy atom. The van der Waals surface area contributed by atoms with Crippen LogP contribution in [0.1, 0.15) is 29.5 Å². The van der Waals surface area contributed by atoms with Gasteiger partial charge in [-0.1, -0.05) is 47.6 Å². The smallest absolute Gasteiger partial charge is 0.391 e. The first kappa shape index (κ1) is 17.7. The van der Waals surface area contributed by atoms with Gasteiger partial charge in [0, 0.05) is 0 Å². The van der Waals surface area contributed by atoms with Crippen LogP contribution >= 0.6 is 0 Å². The largest absolute Gasteiger partial charge is 0.416 e. The second-order valence-corrected chi connectivity index (χ2v) is 5.23. The fraction of sp³-hybridized carbons (Fsp3) is 0.222. The minimum atomic E-state index is -4.40. The molecule has 0 aliphatic heterocycles. The van der Waals surface area contributed by atoms with Crippen molar-refractivity contribution >= 4 is 12.0 Å². The van der Waals surface area contributed by atoms with Crippen LogP contribution in [0.15, 0.2) is 59.8 Å². The maximum atomic E-state index is 12.6. The number of carbonyl (C=O) groups is 1. The van der Waals surface area contributed by atoms with Crippen molar-refractivity contribution in [3.63, 3.8) is 0 Å². The zero-order valence-corrected chi connectivity index (χ0v) is 13.0. The lowest BCUT2D eigenvalue weighted by Crippen LogP contribution is -2.10. The molecule has 2 aromatic carbocycles. The first-order chi connectivity index (χ1) is 11.4. The van der Waals surface area contributed by atoms with Crippen LogP contribution in [0.4, 0.5) is 13.2 Å². The molecule has 0 aliphatic rings. The summed E-state index contributed by atoms with van der Waals surface area (Å²) < 4.78 is 37.9. The Bertz CT molecular complexity index is 712. The van der Waals surface area contributed by atoms with Crippen molar-refractivity contribution in [2.24, 2.45) is 5.16 Å². The fourth-order valence-corrected chi connectivity index (χ4v) is 2.14. The van der Waals surface area contributed by atoms with Crippen molar-refractivity contribution in [2.45, 2.75) is 25.6 Å². The molecule has 126 valence electrons. The maximum absolute atomic E-state index is 12.6. The lowest BCUT2D eigenvalue weighted by molar-refractivity contribution is -0.137. The van der Waals surface area contributed by atoms with Crippen LogP contribution in [0.5, 0.6) is 0 Å². The Balaban J connectivity index is 2.00. The standard InChI is InChI=1S/C18H16F3NO2/c1-13(23)17(15-7-3-2-4-8-15)11-22-24-12-14-6-5-9-16(10-14)18(19,20)21/h2-11,17H,12H2,1H3/b22-11+. The molecule has 6 heteroatoms. The first-order valence-electron chi connectivity index (χ1n) is 7.25. The van der Waals surface area contributed by atoms with Gasteiger partial charge in [-0.3, -0.25) is 4.79 Å². The summed E-state index contributed by atoms with van der Waals surface area (Å²) in [7, 11) is 0. The van der Waals surface area contributed by atoms with E-state index in [9.17, 15) is 18.0 Å². The number of oxime groups is 1. The molecule has 0 heterocycles. The highest BCUT2D eigenvalue weighted by atomic mass is 19.4. The highest BCUT2D eigenvalue weighted by Gasteiger charge is 2.30. The summed E-state index contributed by atoms with van der Waals surface area (Å²) in [5, 5.41) is 3.73. The topological polar surface area (TPSA) is 38.7 Å². The molecule has 1 atom stereocenters. The van der Waals surface area contributed by atoms with Gasteiger partial charge >= 0.3 is 6.18 Å². The number of benzene rings is 2. The highest BCUT2D eigenvalue weighted by Crippen LogP contribution is 2.29. The zero-order chi connectivity index (χ0) is 17.6. The molecule has 0 N–H and O–H groups in total. The normalized spacial score (nSPS) is 13.0. The highest BCUT2D eigenvalue weighted by molar-refractivity contribution is 5.98. The molecule has 0 amide bonds. The molecule has 0 bridgehead atoms. The van der Waals surface area contributed by atoms with Crippen LogP contribution < -0.4 is 0 Å². The van der Waals surface area contributed by atoms with E-state index in [-0.39, 0.29) is 12.4 Å². The van der Waals surface area contributed by atoms with E-state index in [0.29, 0.717) is 5.56 Å². The Hall–Kier alpha value is -2.63. The lowest BCUT2D eigenvalue weighted by Gasteiger charge is -2.09. The number of rotatable bonds is 6. The molecule has 0 aromatic heterocycles. The number of hydrogen-bond acceptors (Lipinski definition) is 3. The number of alkyl halides is 3. The lowest BCUT2D eigenvalue weighted by atomic mass is 9.97. The quantitative estimate of drug-likeness (QED) is 0.572. The molecule has 24 heavy (non-hydrogen) atoms. The molecule has 3 nitrogen and oxygen atoms in total. The van der Waals surface area contributed by atoms with Gasteiger partial charge in [-0.25, -0.2) is 0 Å². The van der Waals surface area contributed by atoms with Gasteiger partial charge in [-0.15, -0.1) is 0 Å². The molecule has 0 spiro atoms. The monoisotopic (exact) mass is 335 g/mol. The SMILES string of the molecule is CC(=O)C(/C=N/OCc1cccc(C(F)(F)F)c1)c1ccccc1. The van der Waals surface area contributed by atoms with Gasteiger partial charge in [0.05, 0.1) is 17.7 Å². The van der Waals surface area contributed by atoms with Gasteiger partial charge in [-0.05, 0) is 30.2 Å². The predicted molar refractivity (Wildman–Crippen MR) is 84.6 cm³/mol. The Morgan fingerprint density at radius 3 is 2.50 bits per heavy atom. The third kappa shape index (κ3) is 4.94. The predicted octanol–water partition coefficient (Wildman–Crippen LogP) is 4.58. The number of halogens is 3. The molecule has 0 fully saturated rings. The number of ketones is 1. The first-order valence-corrected chi connectivity index (χ1v) is 7.25. The molecule has 2 rings (SSSR count). The Morgan fingerprint density at radius 1 is 1.17 bits per heavy atom. The summed E-state index contributed by atoms with van der Waals surface area (Å²) in [6, 6.07) is 13.9. The molecular weight excluding hydrogens is 319 g/mol. The van der Waals surface area contributed by atoms with Crippen molar-refractivity contribution in [3.05, 3.63) is 71.3 Å². The summed E-state index contributed by atoms with van der Waals surface area (Å²) in [6.07, 6.45) is -3.04. The van der Waals surface area contributed by atoms with Crippen molar-refractivity contribution < 1.29 is 22.8 Å². The van der Waals surface area contributed by atoms with Crippen molar-refractivity contribution in [3.8, 4) is 0 Å².